The zero-order chi connectivity index (χ0) is 14.3. The number of hydrogen-bond acceptors (Lipinski definition) is 4. The maximum Gasteiger partial charge on any atom is 0.341 e. The van der Waals surface area contributed by atoms with Crippen LogP contribution in [0.5, 0.6) is 5.75 Å². The van der Waals surface area contributed by atoms with Crippen LogP contribution in [0.4, 0.5) is 5.69 Å². The van der Waals surface area contributed by atoms with Gasteiger partial charge in [0.25, 0.3) is 0 Å². The van der Waals surface area contributed by atoms with Gasteiger partial charge in [-0.25, -0.2) is 4.79 Å². The quantitative estimate of drug-likeness (QED) is 0.801. The standard InChI is InChI=1S/C13H17NO4S/c1-9(8-19-2)13(17)14-10-4-3-5-11(6-10)18-7-12(15)16/h3-6,9H,7-8H2,1-2H3,(H,14,17)(H,15,16). The molecule has 1 aromatic carbocycles. The highest BCUT2D eigenvalue weighted by Gasteiger charge is 2.12. The molecule has 5 nitrogen and oxygen atoms in total. The molecular weight excluding hydrogens is 266 g/mol. The van der Waals surface area contributed by atoms with Crippen molar-refractivity contribution in [3.63, 3.8) is 0 Å². The Balaban J connectivity index is 2.61. The van der Waals surface area contributed by atoms with Crippen LogP contribution in [-0.2, 0) is 9.59 Å². The Bertz CT molecular complexity index is 450. The van der Waals surface area contributed by atoms with Gasteiger partial charge in [-0.2, -0.15) is 11.8 Å². The van der Waals surface area contributed by atoms with Crippen LogP contribution < -0.4 is 10.1 Å². The summed E-state index contributed by atoms with van der Waals surface area (Å²) in [7, 11) is 0. The summed E-state index contributed by atoms with van der Waals surface area (Å²) >= 11 is 1.61. The van der Waals surface area contributed by atoms with Crippen LogP contribution in [0.25, 0.3) is 0 Å². The van der Waals surface area contributed by atoms with Crippen molar-refractivity contribution in [2.24, 2.45) is 5.92 Å². The van der Waals surface area contributed by atoms with E-state index in [2.05, 4.69) is 5.32 Å². The van der Waals surface area contributed by atoms with Crippen molar-refractivity contribution in [1.29, 1.82) is 0 Å². The minimum Gasteiger partial charge on any atom is -0.482 e. The second-order valence-corrected chi connectivity index (χ2v) is 4.97. The molecule has 0 bridgehead atoms. The average molecular weight is 283 g/mol. The molecule has 1 unspecified atom stereocenters. The van der Waals surface area contributed by atoms with E-state index >= 15 is 0 Å². The van der Waals surface area contributed by atoms with E-state index < -0.39 is 12.6 Å². The Kier molecular flexibility index (Phi) is 6.21. The third kappa shape index (κ3) is 5.65. The summed E-state index contributed by atoms with van der Waals surface area (Å²) in [6.07, 6.45) is 1.95. The molecule has 0 aliphatic rings. The van der Waals surface area contributed by atoms with Gasteiger partial charge in [-0.3, -0.25) is 4.79 Å². The summed E-state index contributed by atoms with van der Waals surface area (Å²) in [5, 5.41) is 11.3. The summed E-state index contributed by atoms with van der Waals surface area (Å²) in [4.78, 5) is 22.2. The van der Waals surface area contributed by atoms with Gasteiger partial charge in [-0.05, 0) is 18.4 Å². The van der Waals surface area contributed by atoms with Crippen LogP contribution in [0.3, 0.4) is 0 Å². The number of thioether (sulfide) groups is 1. The predicted octanol–water partition coefficient (Wildman–Crippen LogP) is 2.09. The van der Waals surface area contributed by atoms with Crippen LogP contribution in [0, 0.1) is 5.92 Å². The Hall–Kier alpha value is -1.69. The molecule has 0 aromatic heterocycles. The molecule has 6 heteroatoms. The number of nitrogens with one attached hydrogen (secondary N) is 1. The molecule has 104 valence electrons. The van der Waals surface area contributed by atoms with E-state index in [1.54, 1.807) is 36.0 Å². The Morgan fingerprint density at radius 2 is 2.21 bits per heavy atom. The number of carboxylic acid groups (broad SMARTS) is 1. The van der Waals surface area contributed by atoms with Gasteiger partial charge in [0, 0.05) is 23.4 Å². The highest BCUT2D eigenvalue weighted by atomic mass is 32.2. The van der Waals surface area contributed by atoms with Crippen molar-refractivity contribution in [2.45, 2.75) is 6.92 Å². The largest absolute Gasteiger partial charge is 0.482 e. The number of amides is 1. The van der Waals surface area contributed by atoms with Crippen LogP contribution in [0.2, 0.25) is 0 Å². The Labute approximate surface area is 116 Å². The Morgan fingerprint density at radius 1 is 1.47 bits per heavy atom. The number of carbonyl (C=O) groups excluding carboxylic acids is 1. The van der Waals surface area contributed by atoms with Crippen LogP contribution in [0.15, 0.2) is 24.3 Å². The number of ether oxygens (including phenoxy) is 1. The van der Waals surface area contributed by atoms with E-state index in [4.69, 9.17) is 9.84 Å². The van der Waals surface area contributed by atoms with Gasteiger partial charge < -0.3 is 15.2 Å². The van der Waals surface area contributed by atoms with Gasteiger partial charge in [-0.1, -0.05) is 13.0 Å². The molecule has 19 heavy (non-hydrogen) atoms. The summed E-state index contributed by atoms with van der Waals surface area (Å²) in [5.41, 5.74) is 0.598. The number of carbonyl (C=O) groups is 2. The van der Waals surface area contributed by atoms with Gasteiger partial charge in [0.15, 0.2) is 6.61 Å². The molecule has 1 aromatic rings. The fourth-order valence-corrected chi connectivity index (χ4v) is 2.05. The fraction of sp³-hybridized carbons (Fsp3) is 0.385. The Morgan fingerprint density at radius 3 is 2.84 bits per heavy atom. The number of rotatable bonds is 7. The maximum atomic E-state index is 11.8. The normalized spacial score (nSPS) is 11.7. The summed E-state index contributed by atoms with van der Waals surface area (Å²) in [6, 6.07) is 6.68. The van der Waals surface area contributed by atoms with Crippen molar-refractivity contribution in [2.75, 3.05) is 23.9 Å². The van der Waals surface area contributed by atoms with Gasteiger partial charge in [0.05, 0.1) is 0 Å². The molecule has 0 radical (unpaired) electrons. The minimum atomic E-state index is -1.04. The summed E-state index contributed by atoms with van der Waals surface area (Å²) in [6.45, 7) is 1.46. The third-order valence-corrected chi connectivity index (χ3v) is 3.16. The minimum absolute atomic E-state index is 0.0651. The average Bonchev–Trinajstić information content (AvgIpc) is 2.37. The number of benzene rings is 1. The van der Waals surface area contributed by atoms with Gasteiger partial charge in [0.1, 0.15) is 5.75 Å². The van der Waals surface area contributed by atoms with Crippen molar-refractivity contribution in [1.82, 2.24) is 0 Å². The number of hydrogen-bond donors (Lipinski definition) is 2. The van der Waals surface area contributed by atoms with E-state index in [0.29, 0.717) is 11.4 Å². The zero-order valence-corrected chi connectivity index (χ0v) is 11.7. The monoisotopic (exact) mass is 283 g/mol. The first-order valence-electron chi connectivity index (χ1n) is 5.77. The van der Waals surface area contributed by atoms with Crippen molar-refractivity contribution in [3.8, 4) is 5.75 Å². The van der Waals surface area contributed by atoms with E-state index in [-0.39, 0.29) is 11.8 Å². The van der Waals surface area contributed by atoms with Crippen molar-refractivity contribution >= 4 is 29.3 Å². The molecule has 0 saturated heterocycles. The van der Waals surface area contributed by atoms with E-state index in [9.17, 15) is 9.59 Å². The van der Waals surface area contributed by atoms with Gasteiger partial charge >= 0.3 is 5.97 Å². The topological polar surface area (TPSA) is 75.6 Å². The lowest BCUT2D eigenvalue weighted by molar-refractivity contribution is -0.139. The number of anilines is 1. The zero-order valence-electron chi connectivity index (χ0n) is 10.9. The van der Waals surface area contributed by atoms with Gasteiger partial charge in [0.2, 0.25) is 5.91 Å². The fourth-order valence-electron chi connectivity index (χ4n) is 1.40. The molecule has 1 atom stereocenters. The highest BCUT2D eigenvalue weighted by molar-refractivity contribution is 7.98. The molecule has 0 spiro atoms. The number of carboxylic acids is 1. The first-order valence-corrected chi connectivity index (χ1v) is 7.16. The predicted molar refractivity (Wildman–Crippen MR) is 75.7 cm³/mol. The van der Waals surface area contributed by atoms with E-state index in [0.717, 1.165) is 5.75 Å². The molecule has 0 saturated carbocycles. The van der Waals surface area contributed by atoms with Crippen molar-refractivity contribution < 1.29 is 19.4 Å². The molecular formula is C13H17NO4S. The second kappa shape index (κ2) is 7.68. The molecule has 0 aliphatic heterocycles. The second-order valence-electron chi connectivity index (χ2n) is 4.06. The van der Waals surface area contributed by atoms with E-state index in [1.807, 2.05) is 13.2 Å². The molecule has 2 N–H and O–H groups in total. The SMILES string of the molecule is CSCC(C)C(=O)Nc1cccc(OCC(=O)O)c1. The first kappa shape index (κ1) is 15.4. The van der Waals surface area contributed by atoms with Crippen LogP contribution in [-0.4, -0.2) is 35.6 Å². The summed E-state index contributed by atoms with van der Waals surface area (Å²) < 4.78 is 5.04. The molecule has 0 aliphatic carbocycles. The lowest BCUT2D eigenvalue weighted by Gasteiger charge is -2.11. The summed E-state index contributed by atoms with van der Waals surface area (Å²) in [5.74, 6) is -0.0230. The highest BCUT2D eigenvalue weighted by Crippen LogP contribution is 2.18. The maximum absolute atomic E-state index is 11.8. The molecule has 0 fully saturated rings. The van der Waals surface area contributed by atoms with Gasteiger partial charge in [-0.15, -0.1) is 0 Å². The van der Waals surface area contributed by atoms with Crippen molar-refractivity contribution in [3.05, 3.63) is 24.3 Å². The molecule has 0 heterocycles. The van der Waals surface area contributed by atoms with Crippen LogP contribution >= 0.6 is 11.8 Å². The van der Waals surface area contributed by atoms with Crippen LogP contribution in [0.1, 0.15) is 6.92 Å². The number of aliphatic carboxylic acids is 1. The third-order valence-electron chi connectivity index (χ3n) is 2.33. The first-order chi connectivity index (χ1) is 9.02. The smallest absolute Gasteiger partial charge is 0.341 e. The molecule has 1 amide bonds. The van der Waals surface area contributed by atoms with E-state index in [1.165, 1.54) is 0 Å². The lowest BCUT2D eigenvalue weighted by Crippen LogP contribution is -2.22. The molecule has 1 rings (SSSR count). The lowest BCUT2D eigenvalue weighted by atomic mass is 10.2.